The van der Waals surface area contributed by atoms with Crippen molar-refractivity contribution in [3.8, 4) is 5.75 Å². The van der Waals surface area contributed by atoms with E-state index < -0.39 is 11.0 Å². The van der Waals surface area contributed by atoms with Crippen molar-refractivity contribution >= 4 is 23.7 Å². The number of nitrogens with zero attached hydrogens (tertiary/aromatic N) is 2. The average Bonchev–Trinajstić information content (AvgIpc) is 2.95. The third-order valence-corrected chi connectivity index (χ3v) is 4.15. The van der Waals surface area contributed by atoms with Gasteiger partial charge in [0, 0.05) is 18.7 Å². The normalized spacial score (nSPS) is 15.0. The summed E-state index contributed by atoms with van der Waals surface area (Å²) in [5.41, 5.74) is 1.85. The van der Waals surface area contributed by atoms with Crippen LogP contribution in [0, 0.1) is 10.1 Å². The second-order valence-electron chi connectivity index (χ2n) is 6.23. The largest absolute Gasteiger partial charge is 0.489 e. The molecule has 0 spiro atoms. The maximum Gasteiger partial charge on any atom is 0.329 e. The van der Waals surface area contributed by atoms with E-state index in [0.29, 0.717) is 18.7 Å². The molecule has 144 valence electrons. The summed E-state index contributed by atoms with van der Waals surface area (Å²) in [4.78, 5) is 35.4. The third kappa shape index (κ3) is 4.35. The number of urea groups is 1. The topological polar surface area (TPSA) is 102 Å². The number of nitrogens with one attached hydrogen (secondary N) is 1. The van der Waals surface area contributed by atoms with Crippen molar-refractivity contribution in [3.05, 3.63) is 75.5 Å². The van der Waals surface area contributed by atoms with Crippen molar-refractivity contribution in [1.82, 2.24) is 10.2 Å². The highest BCUT2D eigenvalue weighted by atomic mass is 16.6. The van der Waals surface area contributed by atoms with Crippen LogP contribution in [-0.4, -0.2) is 28.3 Å². The van der Waals surface area contributed by atoms with Crippen LogP contribution in [0.15, 0.2) is 54.2 Å². The number of nitro groups is 1. The van der Waals surface area contributed by atoms with Gasteiger partial charge >= 0.3 is 6.03 Å². The molecular weight excluding hydrogens is 362 g/mol. The number of ether oxygens (including phenoxy) is 1. The van der Waals surface area contributed by atoms with Gasteiger partial charge in [-0.2, -0.15) is 0 Å². The second kappa shape index (κ2) is 8.34. The van der Waals surface area contributed by atoms with Gasteiger partial charge in [0.1, 0.15) is 18.1 Å². The Labute approximate surface area is 161 Å². The van der Waals surface area contributed by atoms with Crippen LogP contribution in [0.3, 0.4) is 0 Å². The van der Waals surface area contributed by atoms with Gasteiger partial charge in [0.05, 0.1) is 4.92 Å². The molecule has 1 aliphatic rings. The summed E-state index contributed by atoms with van der Waals surface area (Å²) < 4.78 is 5.67. The molecule has 0 saturated carbocycles. The van der Waals surface area contributed by atoms with Crippen LogP contribution in [0.25, 0.3) is 6.08 Å². The third-order valence-electron chi connectivity index (χ3n) is 4.15. The van der Waals surface area contributed by atoms with Crippen LogP contribution >= 0.6 is 0 Å². The first kappa shape index (κ1) is 19.1. The fourth-order valence-corrected chi connectivity index (χ4v) is 2.71. The van der Waals surface area contributed by atoms with E-state index in [9.17, 15) is 19.7 Å². The fourth-order valence-electron chi connectivity index (χ4n) is 2.71. The summed E-state index contributed by atoms with van der Waals surface area (Å²) in [5.74, 6) is 0.292. The van der Waals surface area contributed by atoms with Crippen LogP contribution in [0.5, 0.6) is 5.75 Å². The van der Waals surface area contributed by atoms with Crippen LogP contribution < -0.4 is 10.1 Å². The van der Waals surface area contributed by atoms with Crippen LogP contribution in [-0.2, 0) is 11.4 Å². The number of rotatable bonds is 7. The molecule has 0 bridgehead atoms. The number of carbonyl (C=O) groups is 2. The molecule has 0 unspecified atom stereocenters. The van der Waals surface area contributed by atoms with E-state index >= 15 is 0 Å². The Bertz CT molecular complexity index is 920. The number of non-ortho nitro benzene ring substituents is 1. The fraction of sp³-hybridized carbons (Fsp3) is 0.200. The van der Waals surface area contributed by atoms with Gasteiger partial charge < -0.3 is 10.1 Å². The number of amides is 3. The van der Waals surface area contributed by atoms with Gasteiger partial charge in [-0.25, -0.2) is 4.79 Å². The molecule has 1 N–H and O–H groups in total. The Morgan fingerprint density at radius 3 is 2.39 bits per heavy atom. The van der Waals surface area contributed by atoms with Crippen molar-refractivity contribution in [2.24, 2.45) is 0 Å². The SMILES string of the molecule is CCCN1C(=O)N/C(=C/c2ccc(OCc3ccc([N+](=O)[O-])cc3)cc2)C1=O. The molecule has 0 aliphatic carbocycles. The lowest BCUT2D eigenvalue weighted by molar-refractivity contribution is -0.384. The van der Waals surface area contributed by atoms with Crippen LogP contribution in [0.2, 0.25) is 0 Å². The van der Waals surface area contributed by atoms with Gasteiger partial charge in [-0.15, -0.1) is 0 Å². The Morgan fingerprint density at radius 1 is 1.11 bits per heavy atom. The van der Waals surface area contributed by atoms with Crippen molar-refractivity contribution in [2.45, 2.75) is 20.0 Å². The minimum Gasteiger partial charge on any atom is -0.489 e. The highest BCUT2D eigenvalue weighted by Gasteiger charge is 2.32. The average molecular weight is 381 g/mol. The molecule has 0 atom stereocenters. The zero-order valence-electron chi connectivity index (χ0n) is 15.3. The number of hydrogen-bond acceptors (Lipinski definition) is 5. The van der Waals surface area contributed by atoms with Gasteiger partial charge in [0.15, 0.2) is 0 Å². The quantitative estimate of drug-likeness (QED) is 0.342. The maximum atomic E-state index is 12.2. The van der Waals surface area contributed by atoms with E-state index in [1.807, 2.05) is 6.92 Å². The molecule has 2 aromatic carbocycles. The van der Waals surface area contributed by atoms with Gasteiger partial charge in [-0.3, -0.25) is 19.8 Å². The summed E-state index contributed by atoms with van der Waals surface area (Å²) in [6.45, 7) is 2.56. The van der Waals surface area contributed by atoms with Gasteiger partial charge in [-0.05, 0) is 47.9 Å². The molecule has 28 heavy (non-hydrogen) atoms. The molecule has 8 nitrogen and oxygen atoms in total. The number of nitro benzene ring substituents is 1. The monoisotopic (exact) mass is 381 g/mol. The van der Waals surface area contributed by atoms with Gasteiger partial charge in [0.25, 0.3) is 11.6 Å². The molecular formula is C20H19N3O5. The zero-order chi connectivity index (χ0) is 20.1. The van der Waals surface area contributed by atoms with Crippen molar-refractivity contribution in [3.63, 3.8) is 0 Å². The Hall–Kier alpha value is -3.68. The summed E-state index contributed by atoms with van der Waals surface area (Å²) in [6.07, 6.45) is 2.32. The smallest absolute Gasteiger partial charge is 0.329 e. The van der Waals surface area contributed by atoms with E-state index in [1.54, 1.807) is 42.5 Å². The lowest BCUT2D eigenvalue weighted by atomic mass is 10.2. The molecule has 3 amide bonds. The number of carbonyl (C=O) groups excluding carboxylic acids is 2. The predicted molar refractivity (Wildman–Crippen MR) is 102 cm³/mol. The van der Waals surface area contributed by atoms with Crippen molar-refractivity contribution in [1.29, 1.82) is 0 Å². The van der Waals surface area contributed by atoms with Crippen molar-refractivity contribution in [2.75, 3.05) is 6.54 Å². The summed E-state index contributed by atoms with van der Waals surface area (Å²) in [5, 5.41) is 13.2. The molecule has 1 heterocycles. The summed E-state index contributed by atoms with van der Waals surface area (Å²) in [7, 11) is 0. The molecule has 0 aromatic heterocycles. The van der Waals surface area contributed by atoms with Crippen LogP contribution in [0.1, 0.15) is 24.5 Å². The lowest BCUT2D eigenvalue weighted by Gasteiger charge is -2.08. The Balaban J connectivity index is 1.61. The molecule has 8 heteroatoms. The van der Waals surface area contributed by atoms with E-state index in [0.717, 1.165) is 11.1 Å². The molecule has 1 fully saturated rings. The minimum atomic E-state index is -0.448. The summed E-state index contributed by atoms with van der Waals surface area (Å²) in [6, 6.07) is 12.8. The van der Waals surface area contributed by atoms with E-state index in [-0.39, 0.29) is 23.9 Å². The van der Waals surface area contributed by atoms with E-state index in [4.69, 9.17) is 4.74 Å². The van der Waals surface area contributed by atoms with Crippen molar-refractivity contribution < 1.29 is 19.2 Å². The highest BCUT2D eigenvalue weighted by Crippen LogP contribution is 2.19. The molecule has 2 aromatic rings. The summed E-state index contributed by atoms with van der Waals surface area (Å²) >= 11 is 0. The maximum absolute atomic E-state index is 12.2. The molecule has 1 saturated heterocycles. The Kier molecular flexibility index (Phi) is 5.69. The van der Waals surface area contributed by atoms with E-state index in [2.05, 4.69) is 5.32 Å². The zero-order valence-corrected chi connectivity index (χ0v) is 15.3. The standard InChI is InChI=1S/C20H19N3O5/c1-2-11-22-19(24)18(21-20(22)25)12-14-5-9-17(10-6-14)28-13-15-3-7-16(8-4-15)23(26)27/h3-10,12H,2,11,13H2,1H3,(H,21,25)/b18-12+. The molecule has 1 aliphatic heterocycles. The first-order valence-electron chi connectivity index (χ1n) is 8.78. The number of benzene rings is 2. The molecule has 3 rings (SSSR count). The van der Waals surface area contributed by atoms with E-state index in [1.165, 1.54) is 17.0 Å². The number of imide groups is 1. The first-order valence-corrected chi connectivity index (χ1v) is 8.78. The Morgan fingerprint density at radius 2 is 1.79 bits per heavy atom. The highest BCUT2D eigenvalue weighted by molar-refractivity contribution is 6.13. The number of hydrogen-bond donors (Lipinski definition) is 1. The molecule has 0 radical (unpaired) electrons. The second-order valence-corrected chi connectivity index (χ2v) is 6.23. The predicted octanol–water partition coefficient (Wildman–Crippen LogP) is 3.48. The van der Waals surface area contributed by atoms with Gasteiger partial charge in [-0.1, -0.05) is 19.1 Å². The van der Waals surface area contributed by atoms with Gasteiger partial charge in [0.2, 0.25) is 0 Å². The first-order chi connectivity index (χ1) is 13.5. The minimum absolute atomic E-state index is 0.0344. The van der Waals surface area contributed by atoms with Crippen LogP contribution in [0.4, 0.5) is 10.5 Å². The lowest BCUT2D eigenvalue weighted by Crippen LogP contribution is -2.31.